The molecule has 100 valence electrons. The third-order valence-electron chi connectivity index (χ3n) is 2.87. The van der Waals surface area contributed by atoms with Gasteiger partial charge in [0.15, 0.2) is 0 Å². The number of hydrogen-bond acceptors (Lipinski definition) is 2. The molecule has 1 atom stereocenters. The Morgan fingerprint density at radius 3 is 2.79 bits per heavy atom. The number of nitrogens with one attached hydrogen (secondary N) is 2. The minimum atomic E-state index is -1.10. The fourth-order valence-electron chi connectivity index (χ4n) is 1.81. The maximum Gasteiger partial charge on any atom is 0.326 e. The number of benzene rings is 1. The van der Waals surface area contributed by atoms with Crippen LogP contribution in [-0.4, -0.2) is 28.0 Å². The number of carboxylic acid groups (broad SMARTS) is 1. The number of aliphatic carboxylic acids is 1. The lowest BCUT2D eigenvalue weighted by molar-refractivity contribution is -0.139. The smallest absolute Gasteiger partial charge is 0.326 e. The Labute approximate surface area is 108 Å². The van der Waals surface area contributed by atoms with Crippen LogP contribution in [-0.2, 0) is 4.79 Å². The molecule has 0 spiro atoms. The van der Waals surface area contributed by atoms with Crippen LogP contribution < -0.4 is 5.32 Å². The Hall–Kier alpha value is -2.37. The minimum absolute atomic E-state index is 0.139. The van der Waals surface area contributed by atoms with Gasteiger partial charge in [-0.2, -0.15) is 0 Å². The maximum atomic E-state index is 13.5. The summed E-state index contributed by atoms with van der Waals surface area (Å²) in [6.45, 7) is 1.66. The third kappa shape index (κ3) is 2.57. The quantitative estimate of drug-likeness (QED) is 0.788. The SMILES string of the molecule is CCC(NC(=O)c1cc2c(F)cccc2[nH]1)C(=O)O. The average molecular weight is 264 g/mol. The van der Waals surface area contributed by atoms with Gasteiger partial charge in [-0.25, -0.2) is 9.18 Å². The van der Waals surface area contributed by atoms with E-state index in [4.69, 9.17) is 5.11 Å². The summed E-state index contributed by atoms with van der Waals surface area (Å²) in [5.74, 6) is -2.10. The molecule has 1 heterocycles. The molecule has 2 rings (SSSR count). The highest BCUT2D eigenvalue weighted by Crippen LogP contribution is 2.18. The summed E-state index contributed by atoms with van der Waals surface area (Å²) in [5.41, 5.74) is 0.633. The first-order valence-corrected chi connectivity index (χ1v) is 5.83. The lowest BCUT2D eigenvalue weighted by Gasteiger charge is -2.10. The van der Waals surface area contributed by atoms with E-state index in [0.717, 1.165) is 0 Å². The summed E-state index contributed by atoms with van der Waals surface area (Å²) in [6.07, 6.45) is 0.273. The molecule has 19 heavy (non-hydrogen) atoms. The first-order valence-electron chi connectivity index (χ1n) is 5.83. The van der Waals surface area contributed by atoms with Gasteiger partial charge in [0.1, 0.15) is 17.6 Å². The number of fused-ring (bicyclic) bond motifs is 1. The highest BCUT2D eigenvalue weighted by Gasteiger charge is 2.19. The van der Waals surface area contributed by atoms with Crippen LogP contribution in [0.15, 0.2) is 24.3 Å². The molecule has 0 bridgehead atoms. The predicted octanol–water partition coefficient (Wildman–Crippen LogP) is 1.90. The topological polar surface area (TPSA) is 82.2 Å². The molecule has 5 nitrogen and oxygen atoms in total. The molecular weight excluding hydrogens is 251 g/mol. The number of hydrogen-bond donors (Lipinski definition) is 3. The summed E-state index contributed by atoms with van der Waals surface area (Å²) in [4.78, 5) is 25.5. The fourth-order valence-corrected chi connectivity index (χ4v) is 1.81. The van der Waals surface area contributed by atoms with E-state index in [0.29, 0.717) is 10.9 Å². The Kier molecular flexibility index (Phi) is 3.50. The van der Waals surface area contributed by atoms with Crippen molar-refractivity contribution >= 4 is 22.8 Å². The number of rotatable bonds is 4. The first-order chi connectivity index (χ1) is 9.02. The van der Waals surface area contributed by atoms with Crippen LogP contribution in [0.2, 0.25) is 0 Å². The van der Waals surface area contributed by atoms with Crippen LogP contribution in [0, 0.1) is 5.82 Å². The Balaban J connectivity index is 2.27. The molecule has 6 heteroatoms. The molecule has 0 aliphatic heterocycles. The molecular formula is C13H13FN2O3. The summed E-state index contributed by atoms with van der Waals surface area (Å²) >= 11 is 0. The Morgan fingerprint density at radius 1 is 1.47 bits per heavy atom. The first kappa shape index (κ1) is 13.1. The van der Waals surface area contributed by atoms with Crippen LogP contribution in [0.1, 0.15) is 23.8 Å². The molecule has 1 amide bonds. The lowest BCUT2D eigenvalue weighted by Crippen LogP contribution is -2.40. The standard InChI is InChI=1S/C13H13FN2O3/c1-2-9(13(18)19)16-12(17)11-6-7-8(14)4-3-5-10(7)15-11/h3-6,9,15H,2H2,1H3,(H,16,17)(H,18,19). The zero-order valence-electron chi connectivity index (χ0n) is 10.2. The van der Waals surface area contributed by atoms with Gasteiger partial charge in [-0.05, 0) is 24.6 Å². The fraction of sp³-hybridized carbons (Fsp3) is 0.231. The van der Waals surface area contributed by atoms with Crippen molar-refractivity contribution in [2.45, 2.75) is 19.4 Å². The van der Waals surface area contributed by atoms with Gasteiger partial charge in [0, 0.05) is 10.9 Å². The number of amides is 1. The van der Waals surface area contributed by atoms with Crippen molar-refractivity contribution in [1.29, 1.82) is 0 Å². The highest BCUT2D eigenvalue weighted by molar-refractivity contribution is 5.99. The number of aromatic amines is 1. The molecule has 1 unspecified atom stereocenters. The van der Waals surface area contributed by atoms with E-state index in [9.17, 15) is 14.0 Å². The normalized spacial score (nSPS) is 12.3. The van der Waals surface area contributed by atoms with Gasteiger partial charge < -0.3 is 15.4 Å². The van der Waals surface area contributed by atoms with Gasteiger partial charge in [0.05, 0.1) is 0 Å². The summed E-state index contributed by atoms with van der Waals surface area (Å²) < 4.78 is 13.5. The average Bonchev–Trinajstić information content (AvgIpc) is 2.80. The molecule has 0 aliphatic carbocycles. The molecule has 0 saturated carbocycles. The van der Waals surface area contributed by atoms with Gasteiger partial charge in [0.25, 0.3) is 5.91 Å². The molecule has 2 aromatic rings. The predicted molar refractivity (Wildman–Crippen MR) is 67.4 cm³/mol. The summed E-state index contributed by atoms with van der Waals surface area (Å²) in [7, 11) is 0. The van der Waals surface area contributed by atoms with Crippen LogP contribution >= 0.6 is 0 Å². The minimum Gasteiger partial charge on any atom is -0.480 e. The number of carbonyl (C=O) groups excluding carboxylic acids is 1. The number of carbonyl (C=O) groups is 2. The Morgan fingerprint density at radius 2 is 2.21 bits per heavy atom. The molecule has 0 radical (unpaired) electrons. The van der Waals surface area contributed by atoms with Crippen molar-refractivity contribution in [2.24, 2.45) is 0 Å². The van der Waals surface area contributed by atoms with Gasteiger partial charge in [0.2, 0.25) is 0 Å². The molecule has 0 saturated heterocycles. The maximum absolute atomic E-state index is 13.5. The zero-order valence-corrected chi connectivity index (χ0v) is 10.2. The number of carboxylic acids is 1. The largest absolute Gasteiger partial charge is 0.480 e. The highest BCUT2D eigenvalue weighted by atomic mass is 19.1. The van der Waals surface area contributed by atoms with E-state index >= 15 is 0 Å². The van der Waals surface area contributed by atoms with Gasteiger partial charge in [-0.3, -0.25) is 4.79 Å². The van der Waals surface area contributed by atoms with E-state index in [1.807, 2.05) is 0 Å². The lowest BCUT2D eigenvalue weighted by atomic mass is 10.2. The van der Waals surface area contributed by atoms with Crippen LogP contribution in [0.4, 0.5) is 4.39 Å². The van der Waals surface area contributed by atoms with E-state index in [-0.39, 0.29) is 12.1 Å². The van der Waals surface area contributed by atoms with E-state index < -0.39 is 23.7 Å². The van der Waals surface area contributed by atoms with Crippen molar-refractivity contribution in [1.82, 2.24) is 10.3 Å². The second kappa shape index (κ2) is 5.09. The van der Waals surface area contributed by atoms with E-state index in [1.54, 1.807) is 13.0 Å². The van der Waals surface area contributed by atoms with Crippen molar-refractivity contribution in [3.63, 3.8) is 0 Å². The summed E-state index contributed by atoms with van der Waals surface area (Å²) in [5, 5.41) is 11.5. The van der Waals surface area contributed by atoms with Crippen molar-refractivity contribution in [3.05, 3.63) is 35.8 Å². The Bertz CT molecular complexity index is 636. The van der Waals surface area contributed by atoms with Crippen molar-refractivity contribution in [3.8, 4) is 0 Å². The molecule has 0 aliphatic rings. The van der Waals surface area contributed by atoms with Crippen molar-refractivity contribution in [2.75, 3.05) is 0 Å². The van der Waals surface area contributed by atoms with Crippen LogP contribution in [0.3, 0.4) is 0 Å². The third-order valence-corrected chi connectivity index (χ3v) is 2.87. The second-order valence-electron chi connectivity index (χ2n) is 4.16. The monoisotopic (exact) mass is 264 g/mol. The molecule has 1 aromatic heterocycles. The molecule has 1 aromatic carbocycles. The van der Waals surface area contributed by atoms with Gasteiger partial charge in [-0.1, -0.05) is 13.0 Å². The van der Waals surface area contributed by atoms with Crippen LogP contribution in [0.25, 0.3) is 10.9 Å². The number of halogens is 1. The van der Waals surface area contributed by atoms with Crippen molar-refractivity contribution < 1.29 is 19.1 Å². The van der Waals surface area contributed by atoms with E-state index in [1.165, 1.54) is 18.2 Å². The molecule has 3 N–H and O–H groups in total. The van der Waals surface area contributed by atoms with Gasteiger partial charge in [-0.15, -0.1) is 0 Å². The van der Waals surface area contributed by atoms with Crippen LogP contribution in [0.5, 0.6) is 0 Å². The number of H-pyrrole nitrogens is 1. The summed E-state index contributed by atoms with van der Waals surface area (Å²) in [6, 6.07) is 4.88. The zero-order chi connectivity index (χ0) is 14.0. The molecule has 0 fully saturated rings. The number of aromatic nitrogens is 1. The van der Waals surface area contributed by atoms with E-state index in [2.05, 4.69) is 10.3 Å². The van der Waals surface area contributed by atoms with Gasteiger partial charge >= 0.3 is 5.97 Å². The second-order valence-corrected chi connectivity index (χ2v) is 4.16.